The number of likely N-dealkylation sites (tertiary alicyclic amines) is 1. The zero-order valence-corrected chi connectivity index (χ0v) is 18.5. The largest absolute Gasteiger partial charge is 0.381 e. The predicted octanol–water partition coefficient (Wildman–Crippen LogP) is 5.01. The van der Waals surface area contributed by atoms with Gasteiger partial charge in [-0.3, -0.25) is 9.78 Å². The van der Waals surface area contributed by atoms with Crippen LogP contribution >= 0.6 is 11.9 Å². The Balaban J connectivity index is 1.22. The number of hydrogen-bond donors (Lipinski definition) is 2. The topological polar surface area (TPSA) is 65.5 Å². The molecule has 1 saturated heterocycles. The maximum Gasteiger partial charge on any atom is 0.254 e. The Labute approximate surface area is 191 Å². The molecule has 5 rings (SSSR count). The Morgan fingerprint density at radius 1 is 1.00 bits per heavy atom. The van der Waals surface area contributed by atoms with Crippen LogP contribution in [0.25, 0.3) is 10.9 Å². The number of aromatic nitrogens is 1. The van der Waals surface area contributed by atoms with Crippen LogP contribution in [0.5, 0.6) is 0 Å². The van der Waals surface area contributed by atoms with Crippen molar-refractivity contribution in [3.05, 3.63) is 102 Å². The third-order valence-electron chi connectivity index (χ3n) is 5.84. The summed E-state index contributed by atoms with van der Waals surface area (Å²) in [6.07, 6.45) is 1.79. The van der Waals surface area contributed by atoms with Crippen molar-refractivity contribution in [1.82, 2.24) is 9.88 Å². The van der Waals surface area contributed by atoms with E-state index in [2.05, 4.69) is 9.71 Å². The molecule has 1 amide bonds. The minimum Gasteiger partial charge on any atom is -0.381 e. The Morgan fingerprint density at radius 2 is 1.75 bits per heavy atom. The second-order valence-electron chi connectivity index (χ2n) is 8.12. The van der Waals surface area contributed by atoms with Crippen molar-refractivity contribution in [2.45, 2.75) is 17.4 Å². The SMILES string of the molecule is Cc1ccccc1C1(O)CN(C(=O)c2ccc(NSc3cccc4cccnc34)cc2)C1. The van der Waals surface area contributed by atoms with Gasteiger partial charge in [-0.25, -0.2) is 0 Å². The molecule has 0 radical (unpaired) electrons. The number of aliphatic hydroxyl groups is 1. The van der Waals surface area contributed by atoms with Crippen LogP contribution in [0.4, 0.5) is 5.69 Å². The van der Waals surface area contributed by atoms with Crippen LogP contribution in [0.3, 0.4) is 0 Å². The summed E-state index contributed by atoms with van der Waals surface area (Å²) in [4.78, 5) is 20.0. The maximum absolute atomic E-state index is 12.8. The van der Waals surface area contributed by atoms with E-state index in [1.807, 2.05) is 85.8 Å². The lowest BCUT2D eigenvalue weighted by Crippen LogP contribution is -2.61. The number of carbonyl (C=O) groups excluding carboxylic acids is 1. The third kappa shape index (κ3) is 3.83. The van der Waals surface area contributed by atoms with E-state index in [-0.39, 0.29) is 5.91 Å². The van der Waals surface area contributed by atoms with Gasteiger partial charge in [0, 0.05) is 22.8 Å². The summed E-state index contributed by atoms with van der Waals surface area (Å²) >= 11 is 1.50. The first kappa shape index (κ1) is 20.5. The molecule has 1 fully saturated rings. The highest BCUT2D eigenvalue weighted by molar-refractivity contribution is 8.00. The molecule has 0 aliphatic carbocycles. The highest BCUT2D eigenvalue weighted by Crippen LogP contribution is 2.35. The van der Waals surface area contributed by atoms with Crippen molar-refractivity contribution in [3.8, 4) is 0 Å². The van der Waals surface area contributed by atoms with Gasteiger partial charge in [0.1, 0.15) is 5.60 Å². The Hall–Kier alpha value is -3.35. The smallest absolute Gasteiger partial charge is 0.254 e. The van der Waals surface area contributed by atoms with E-state index in [0.717, 1.165) is 32.6 Å². The van der Waals surface area contributed by atoms with E-state index < -0.39 is 5.60 Å². The molecule has 6 heteroatoms. The molecule has 0 saturated carbocycles. The molecule has 1 aliphatic rings. The fraction of sp³-hybridized carbons (Fsp3) is 0.154. The van der Waals surface area contributed by atoms with Crippen molar-refractivity contribution in [1.29, 1.82) is 0 Å². The van der Waals surface area contributed by atoms with Gasteiger partial charge in [0.25, 0.3) is 5.91 Å². The van der Waals surface area contributed by atoms with Gasteiger partial charge >= 0.3 is 0 Å². The van der Waals surface area contributed by atoms with Crippen LogP contribution in [0.1, 0.15) is 21.5 Å². The molecule has 0 atom stereocenters. The Morgan fingerprint density at radius 3 is 2.53 bits per heavy atom. The molecule has 5 nitrogen and oxygen atoms in total. The monoisotopic (exact) mass is 441 g/mol. The molecular formula is C26H23N3O2S. The van der Waals surface area contributed by atoms with E-state index in [1.165, 1.54) is 11.9 Å². The van der Waals surface area contributed by atoms with Crippen molar-refractivity contribution >= 4 is 34.4 Å². The van der Waals surface area contributed by atoms with Crippen molar-refractivity contribution in [3.63, 3.8) is 0 Å². The first-order valence-corrected chi connectivity index (χ1v) is 11.3. The molecule has 3 aromatic carbocycles. The summed E-state index contributed by atoms with van der Waals surface area (Å²) in [5.74, 6) is -0.0688. The number of pyridine rings is 1. The average molecular weight is 442 g/mol. The summed E-state index contributed by atoms with van der Waals surface area (Å²) < 4.78 is 3.33. The molecular weight excluding hydrogens is 418 g/mol. The minimum atomic E-state index is -0.967. The number of amides is 1. The first-order valence-electron chi connectivity index (χ1n) is 10.5. The van der Waals surface area contributed by atoms with Crippen LogP contribution in [0, 0.1) is 6.92 Å². The second kappa shape index (κ2) is 8.30. The van der Waals surface area contributed by atoms with Gasteiger partial charge in [0.05, 0.1) is 23.5 Å². The lowest BCUT2D eigenvalue weighted by atomic mass is 9.83. The molecule has 160 valence electrons. The van der Waals surface area contributed by atoms with Crippen LogP contribution in [0.2, 0.25) is 0 Å². The lowest BCUT2D eigenvalue weighted by Gasteiger charge is -2.47. The summed E-state index contributed by atoms with van der Waals surface area (Å²) in [6, 6.07) is 25.3. The molecule has 0 spiro atoms. The standard InChI is InChI=1S/C26H23N3O2S/c1-18-6-2-3-9-22(18)26(31)16-29(17-26)25(30)20-11-13-21(14-12-20)28-32-23-10-4-7-19-8-5-15-27-24(19)23/h2-15,28,31H,16-17H2,1H3. The molecule has 2 N–H and O–H groups in total. The number of carbonyl (C=O) groups is 1. The van der Waals surface area contributed by atoms with Gasteiger partial charge < -0.3 is 14.7 Å². The normalized spacial score (nSPS) is 14.8. The highest BCUT2D eigenvalue weighted by atomic mass is 32.2. The lowest BCUT2D eigenvalue weighted by molar-refractivity contribution is -0.0867. The average Bonchev–Trinajstić information content (AvgIpc) is 2.81. The summed E-state index contributed by atoms with van der Waals surface area (Å²) in [7, 11) is 0. The van der Waals surface area contributed by atoms with Crippen molar-refractivity contribution in [2.75, 3.05) is 17.8 Å². The van der Waals surface area contributed by atoms with E-state index in [4.69, 9.17) is 0 Å². The van der Waals surface area contributed by atoms with Gasteiger partial charge in [-0.15, -0.1) is 0 Å². The number of nitrogens with zero attached hydrogens (tertiary/aromatic N) is 2. The molecule has 2 heterocycles. The fourth-order valence-electron chi connectivity index (χ4n) is 4.13. The number of nitrogens with one attached hydrogen (secondary N) is 1. The second-order valence-corrected chi connectivity index (χ2v) is 8.97. The molecule has 1 aromatic heterocycles. The molecule has 1 aliphatic heterocycles. The molecule has 4 aromatic rings. The van der Waals surface area contributed by atoms with Crippen LogP contribution < -0.4 is 4.72 Å². The van der Waals surface area contributed by atoms with Crippen molar-refractivity contribution < 1.29 is 9.90 Å². The van der Waals surface area contributed by atoms with Crippen LogP contribution in [0.15, 0.2) is 90.0 Å². The summed E-state index contributed by atoms with van der Waals surface area (Å²) in [5.41, 5.74) is 3.43. The zero-order chi connectivity index (χ0) is 22.1. The summed E-state index contributed by atoms with van der Waals surface area (Å²) in [6.45, 7) is 2.59. The van der Waals surface area contributed by atoms with Crippen LogP contribution in [-0.2, 0) is 5.60 Å². The number of hydrogen-bond acceptors (Lipinski definition) is 5. The van der Waals surface area contributed by atoms with Gasteiger partial charge in [-0.05, 0) is 66.4 Å². The number of fused-ring (bicyclic) bond motifs is 1. The number of anilines is 1. The Bertz CT molecular complexity index is 1280. The zero-order valence-electron chi connectivity index (χ0n) is 17.7. The van der Waals surface area contributed by atoms with Crippen molar-refractivity contribution in [2.24, 2.45) is 0 Å². The van der Waals surface area contributed by atoms with E-state index in [9.17, 15) is 9.90 Å². The minimum absolute atomic E-state index is 0.0688. The summed E-state index contributed by atoms with van der Waals surface area (Å²) in [5, 5.41) is 12.0. The number of para-hydroxylation sites is 1. The van der Waals surface area contributed by atoms with Gasteiger partial charge in [-0.1, -0.05) is 42.5 Å². The Kier molecular flexibility index (Phi) is 5.33. The third-order valence-corrected chi connectivity index (χ3v) is 6.73. The fourth-order valence-corrected chi connectivity index (χ4v) is 4.91. The van der Waals surface area contributed by atoms with Crippen LogP contribution in [-0.4, -0.2) is 34.0 Å². The van der Waals surface area contributed by atoms with Gasteiger partial charge in [0.15, 0.2) is 0 Å². The molecule has 32 heavy (non-hydrogen) atoms. The van der Waals surface area contributed by atoms with Gasteiger partial charge in [-0.2, -0.15) is 0 Å². The van der Waals surface area contributed by atoms with E-state index in [1.54, 1.807) is 11.1 Å². The molecule has 0 bridgehead atoms. The number of β-amino-alcohol motifs (C(OH)–C–C–N with tert-alkyl or cyclic N) is 1. The molecule has 0 unspecified atom stereocenters. The highest BCUT2D eigenvalue weighted by Gasteiger charge is 2.45. The first-order chi connectivity index (χ1) is 15.5. The van der Waals surface area contributed by atoms with E-state index >= 15 is 0 Å². The van der Waals surface area contributed by atoms with E-state index in [0.29, 0.717) is 18.7 Å². The van der Waals surface area contributed by atoms with Gasteiger partial charge in [0.2, 0.25) is 0 Å². The predicted molar refractivity (Wildman–Crippen MR) is 129 cm³/mol. The number of benzene rings is 3. The number of rotatable bonds is 5. The number of aryl methyl sites for hydroxylation is 1. The quantitative estimate of drug-likeness (QED) is 0.427. The maximum atomic E-state index is 12.8.